The molecule has 4 rings (SSSR count). The van der Waals surface area contributed by atoms with Crippen LogP contribution in [0.2, 0.25) is 0 Å². The van der Waals surface area contributed by atoms with Crippen molar-refractivity contribution in [2.45, 2.75) is 11.8 Å². The smallest absolute Gasteiger partial charge is 0.272 e. The monoisotopic (exact) mass is 599 g/mol. The lowest BCUT2D eigenvalue weighted by Crippen LogP contribution is -2.30. The lowest BCUT2D eigenvalue weighted by atomic mass is 10.1. The number of halogens is 1. The first kappa shape index (κ1) is 27.9. The highest BCUT2D eigenvalue weighted by molar-refractivity contribution is 9.10. The molecular formula is C31H26BrN3O3S. The van der Waals surface area contributed by atoms with E-state index in [1.54, 1.807) is 48.5 Å². The van der Waals surface area contributed by atoms with Crippen LogP contribution >= 0.6 is 27.7 Å². The third kappa shape index (κ3) is 8.43. The second-order valence-electron chi connectivity index (χ2n) is 8.57. The summed E-state index contributed by atoms with van der Waals surface area (Å²) in [5, 5.41) is 8.52. The number of amides is 3. The molecule has 0 radical (unpaired) electrons. The maximum absolute atomic E-state index is 13.3. The Balaban J connectivity index is 1.46. The van der Waals surface area contributed by atoms with Gasteiger partial charge in [-0.3, -0.25) is 14.4 Å². The molecule has 3 amide bonds. The molecule has 3 N–H and O–H groups in total. The third-order valence-electron chi connectivity index (χ3n) is 5.57. The predicted octanol–water partition coefficient (Wildman–Crippen LogP) is 6.90. The molecule has 0 spiro atoms. The first-order valence-corrected chi connectivity index (χ1v) is 13.9. The molecule has 0 aliphatic heterocycles. The fraction of sp³-hybridized carbons (Fsp3) is 0.0645. The SMILES string of the molecule is Cc1ccccc1NC(=O)CSc1cccc(NC(=O)/C(=C\c2cccc(Br)c2)NC(=O)c2ccccc2)c1. The summed E-state index contributed by atoms with van der Waals surface area (Å²) >= 11 is 4.80. The van der Waals surface area contributed by atoms with Crippen LogP contribution in [0.5, 0.6) is 0 Å². The standard InChI is InChI=1S/C31H26BrN3O3S/c1-21-9-5-6-16-27(21)34-29(36)20-39-26-15-8-14-25(19-26)33-31(38)28(18-22-10-7-13-24(32)17-22)35-30(37)23-11-3-2-4-12-23/h2-19H,20H2,1H3,(H,33,38)(H,34,36)(H,35,37)/b28-18+. The minimum atomic E-state index is -0.473. The summed E-state index contributed by atoms with van der Waals surface area (Å²) in [6.07, 6.45) is 1.62. The van der Waals surface area contributed by atoms with Crippen molar-refractivity contribution in [3.05, 3.63) is 130 Å². The van der Waals surface area contributed by atoms with Crippen molar-refractivity contribution >= 4 is 62.9 Å². The highest BCUT2D eigenvalue weighted by Gasteiger charge is 2.15. The van der Waals surface area contributed by atoms with Gasteiger partial charge in [0.2, 0.25) is 5.91 Å². The number of rotatable bonds is 9. The molecule has 196 valence electrons. The fourth-order valence-corrected chi connectivity index (χ4v) is 4.79. The van der Waals surface area contributed by atoms with Gasteiger partial charge in [-0.25, -0.2) is 0 Å². The summed E-state index contributed by atoms with van der Waals surface area (Å²) in [6, 6.07) is 30.9. The Morgan fingerprint density at radius 2 is 1.56 bits per heavy atom. The Kier molecular flexibility index (Phi) is 9.72. The maximum Gasteiger partial charge on any atom is 0.272 e. The van der Waals surface area contributed by atoms with Crippen molar-refractivity contribution in [3.8, 4) is 0 Å². The molecule has 0 aliphatic rings. The number of hydrogen-bond acceptors (Lipinski definition) is 4. The van der Waals surface area contributed by atoms with Gasteiger partial charge in [-0.05, 0) is 72.7 Å². The highest BCUT2D eigenvalue weighted by Crippen LogP contribution is 2.23. The number of aryl methyl sites for hydroxylation is 1. The van der Waals surface area contributed by atoms with E-state index in [2.05, 4.69) is 31.9 Å². The van der Waals surface area contributed by atoms with Gasteiger partial charge in [0.1, 0.15) is 5.70 Å². The normalized spacial score (nSPS) is 11.0. The number of para-hydroxylation sites is 1. The number of carbonyl (C=O) groups is 3. The molecule has 0 bridgehead atoms. The second kappa shape index (κ2) is 13.6. The van der Waals surface area contributed by atoms with Crippen molar-refractivity contribution in [1.29, 1.82) is 0 Å². The van der Waals surface area contributed by atoms with Gasteiger partial charge in [-0.2, -0.15) is 0 Å². The number of nitrogens with one attached hydrogen (secondary N) is 3. The molecule has 4 aromatic carbocycles. The largest absolute Gasteiger partial charge is 0.325 e. The van der Waals surface area contributed by atoms with Crippen LogP contribution in [0.25, 0.3) is 6.08 Å². The Labute approximate surface area is 240 Å². The first-order chi connectivity index (χ1) is 18.9. The van der Waals surface area contributed by atoms with Crippen molar-refractivity contribution in [3.63, 3.8) is 0 Å². The summed E-state index contributed by atoms with van der Waals surface area (Å²) in [7, 11) is 0. The molecule has 8 heteroatoms. The van der Waals surface area contributed by atoms with E-state index < -0.39 is 11.8 Å². The Morgan fingerprint density at radius 3 is 2.33 bits per heavy atom. The molecule has 0 aliphatic carbocycles. The zero-order chi connectivity index (χ0) is 27.6. The second-order valence-corrected chi connectivity index (χ2v) is 10.5. The zero-order valence-electron chi connectivity index (χ0n) is 21.1. The molecule has 0 saturated heterocycles. The van der Waals surface area contributed by atoms with E-state index in [0.29, 0.717) is 11.3 Å². The van der Waals surface area contributed by atoms with Crippen LogP contribution < -0.4 is 16.0 Å². The molecule has 0 saturated carbocycles. The van der Waals surface area contributed by atoms with E-state index in [-0.39, 0.29) is 17.4 Å². The van der Waals surface area contributed by atoms with Crippen LogP contribution in [0.15, 0.2) is 118 Å². The summed E-state index contributed by atoms with van der Waals surface area (Å²) < 4.78 is 0.849. The zero-order valence-corrected chi connectivity index (χ0v) is 23.5. The summed E-state index contributed by atoms with van der Waals surface area (Å²) in [5.41, 5.74) is 3.59. The Hall–Kier alpha value is -4.14. The van der Waals surface area contributed by atoms with Gasteiger partial charge in [0.05, 0.1) is 5.75 Å². The van der Waals surface area contributed by atoms with Crippen LogP contribution in [0.3, 0.4) is 0 Å². The minimum Gasteiger partial charge on any atom is -0.325 e. The quantitative estimate of drug-likeness (QED) is 0.144. The van der Waals surface area contributed by atoms with Crippen molar-refractivity contribution in [2.75, 3.05) is 16.4 Å². The van der Waals surface area contributed by atoms with E-state index in [1.807, 2.05) is 67.6 Å². The van der Waals surface area contributed by atoms with Gasteiger partial charge in [-0.15, -0.1) is 11.8 Å². The summed E-state index contributed by atoms with van der Waals surface area (Å²) in [6.45, 7) is 1.94. The van der Waals surface area contributed by atoms with Crippen LogP contribution in [-0.4, -0.2) is 23.5 Å². The van der Waals surface area contributed by atoms with Crippen molar-refractivity contribution < 1.29 is 14.4 Å². The maximum atomic E-state index is 13.3. The molecule has 0 atom stereocenters. The molecule has 0 heterocycles. The predicted molar refractivity (Wildman–Crippen MR) is 162 cm³/mol. The van der Waals surface area contributed by atoms with Gasteiger partial charge in [-0.1, -0.05) is 70.5 Å². The average Bonchev–Trinajstić information content (AvgIpc) is 2.93. The molecule has 6 nitrogen and oxygen atoms in total. The molecule has 0 fully saturated rings. The van der Waals surface area contributed by atoms with E-state index in [4.69, 9.17) is 0 Å². The molecule has 0 unspecified atom stereocenters. The summed E-state index contributed by atoms with van der Waals surface area (Å²) in [4.78, 5) is 39.4. The van der Waals surface area contributed by atoms with Crippen LogP contribution in [0.4, 0.5) is 11.4 Å². The number of benzene rings is 4. The highest BCUT2D eigenvalue weighted by atomic mass is 79.9. The van der Waals surface area contributed by atoms with Gasteiger partial charge in [0.25, 0.3) is 11.8 Å². The number of anilines is 2. The van der Waals surface area contributed by atoms with Crippen LogP contribution in [-0.2, 0) is 9.59 Å². The van der Waals surface area contributed by atoms with Crippen LogP contribution in [0.1, 0.15) is 21.5 Å². The molecule has 0 aromatic heterocycles. The molecular weight excluding hydrogens is 574 g/mol. The fourth-order valence-electron chi connectivity index (χ4n) is 3.62. The number of thioether (sulfide) groups is 1. The first-order valence-electron chi connectivity index (χ1n) is 12.1. The van der Waals surface area contributed by atoms with Gasteiger partial charge < -0.3 is 16.0 Å². The average molecular weight is 601 g/mol. The lowest BCUT2D eigenvalue weighted by molar-refractivity contribution is -0.114. The van der Waals surface area contributed by atoms with Gasteiger partial charge >= 0.3 is 0 Å². The van der Waals surface area contributed by atoms with E-state index in [0.717, 1.165) is 26.2 Å². The topological polar surface area (TPSA) is 87.3 Å². The Bertz CT molecular complexity index is 1520. The van der Waals surface area contributed by atoms with Gasteiger partial charge in [0.15, 0.2) is 0 Å². The molecule has 39 heavy (non-hydrogen) atoms. The van der Waals surface area contributed by atoms with Crippen molar-refractivity contribution in [1.82, 2.24) is 5.32 Å². The van der Waals surface area contributed by atoms with Crippen molar-refractivity contribution in [2.24, 2.45) is 0 Å². The minimum absolute atomic E-state index is 0.0950. The molecule has 4 aromatic rings. The van der Waals surface area contributed by atoms with Gasteiger partial charge in [0, 0.05) is 26.3 Å². The summed E-state index contributed by atoms with van der Waals surface area (Å²) in [5.74, 6) is -0.770. The Morgan fingerprint density at radius 1 is 0.821 bits per heavy atom. The number of carbonyl (C=O) groups excluding carboxylic acids is 3. The van der Waals surface area contributed by atoms with E-state index in [1.165, 1.54) is 11.8 Å². The van der Waals surface area contributed by atoms with E-state index >= 15 is 0 Å². The lowest BCUT2D eigenvalue weighted by Gasteiger charge is -2.12. The number of hydrogen-bond donors (Lipinski definition) is 3. The third-order valence-corrected chi connectivity index (χ3v) is 7.06. The van der Waals surface area contributed by atoms with Crippen LogP contribution in [0, 0.1) is 6.92 Å². The van der Waals surface area contributed by atoms with E-state index in [9.17, 15) is 14.4 Å².